The van der Waals surface area contributed by atoms with Gasteiger partial charge in [0.05, 0.1) is 14.2 Å². The number of methoxy groups -OCH3 is 2. The van der Waals surface area contributed by atoms with Crippen LogP contribution in [0.2, 0.25) is 0 Å². The Labute approximate surface area is 252 Å². The van der Waals surface area contributed by atoms with Gasteiger partial charge in [-0.3, -0.25) is 9.59 Å². The van der Waals surface area contributed by atoms with E-state index < -0.39 is 0 Å². The van der Waals surface area contributed by atoms with E-state index in [-0.39, 0.29) is 23.9 Å². The van der Waals surface area contributed by atoms with Crippen LogP contribution >= 0.6 is 0 Å². The molecule has 42 heavy (non-hydrogen) atoms. The Morgan fingerprint density at radius 2 is 1.07 bits per heavy atom. The Morgan fingerprint density at radius 1 is 0.643 bits per heavy atom. The maximum atomic E-state index is 12.6. The zero-order valence-corrected chi connectivity index (χ0v) is 25.7. The first-order valence-corrected chi connectivity index (χ1v) is 15.8. The molecular weight excluding hydrogens is 528 g/mol. The summed E-state index contributed by atoms with van der Waals surface area (Å²) in [6, 6.07) is 16.2. The van der Waals surface area contributed by atoms with Crippen molar-refractivity contribution in [3.05, 3.63) is 59.7 Å². The molecule has 0 spiro atoms. The van der Waals surface area contributed by atoms with Gasteiger partial charge < -0.3 is 30.7 Å². The largest absolute Gasteiger partial charge is 0.496 e. The van der Waals surface area contributed by atoms with Gasteiger partial charge in [-0.2, -0.15) is 0 Å². The van der Waals surface area contributed by atoms with Crippen LogP contribution in [0.15, 0.2) is 48.5 Å². The molecule has 2 aromatic carbocycles. The van der Waals surface area contributed by atoms with Crippen LogP contribution in [0.5, 0.6) is 11.5 Å². The Balaban J connectivity index is 1.22. The van der Waals surface area contributed by atoms with E-state index in [0.717, 1.165) is 113 Å². The predicted octanol–water partition coefficient (Wildman–Crippen LogP) is 5.25. The van der Waals surface area contributed by atoms with Crippen LogP contribution in [-0.2, 0) is 22.7 Å². The molecule has 2 atom stereocenters. The van der Waals surface area contributed by atoms with Gasteiger partial charge in [0.1, 0.15) is 11.5 Å². The van der Waals surface area contributed by atoms with Crippen molar-refractivity contribution in [2.75, 3.05) is 27.3 Å². The van der Waals surface area contributed by atoms with Gasteiger partial charge in [0.15, 0.2) is 0 Å². The second-order valence-corrected chi connectivity index (χ2v) is 11.2. The molecule has 0 radical (unpaired) electrons. The monoisotopic (exact) mass is 580 g/mol. The van der Waals surface area contributed by atoms with Crippen molar-refractivity contribution >= 4 is 11.8 Å². The van der Waals surface area contributed by atoms with Crippen LogP contribution in [0.1, 0.15) is 88.2 Å². The SMILES string of the molecule is COc1ccccc1CNCCCCCC(=O)N[C@@H]1CCCC[C@H]1NC(=O)CCCCCNCc1ccccc1OC. The molecule has 2 aromatic rings. The second-order valence-electron chi connectivity index (χ2n) is 11.2. The van der Waals surface area contributed by atoms with Crippen molar-refractivity contribution in [3.8, 4) is 11.5 Å². The van der Waals surface area contributed by atoms with Crippen LogP contribution in [0, 0.1) is 0 Å². The highest BCUT2D eigenvalue weighted by molar-refractivity contribution is 5.77. The van der Waals surface area contributed by atoms with Crippen LogP contribution in [0.25, 0.3) is 0 Å². The first kappa shape index (κ1) is 33.4. The third kappa shape index (κ3) is 12.4. The summed E-state index contributed by atoms with van der Waals surface area (Å²) >= 11 is 0. The number of hydrogen-bond acceptors (Lipinski definition) is 6. The minimum Gasteiger partial charge on any atom is -0.496 e. The van der Waals surface area contributed by atoms with Crippen LogP contribution in [0.3, 0.4) is 0 Å². The van der Waals surface area contributed by atoms with Gasteiger partial charge in [0, 0.05) is 49.1 Å². The Morgan fingerprint density at radius 3 is 1.50 bits per heavy atom. The Kier molecular flexibility index (Phi) is 15.8. The summed E-state index contributed by atoms with van der Waals surface area (Å²) in [5, 5.41) is 13.4. The fourth-order valence-electron chi connectivity index (χ4n) is 5.60. The number of carbonyl (C=O) groups excluding carboxylic acids is 2. The molecule has 0 aliphatic heterocycles. The molecule has 4 N–H and O–H groups in total. The zero-order chi connectivity index (χ0) is 29.8. The summed E-state index contributed by atoms with van der Waals surface area (Å²) in [6.45, 7) is 3.38. The summed E-state index contributed by atoms with van der Waals surface area (Å²) in [6.07, 6.45) is 10.9. The average molecular weight is 581 g/mol. The van der Waals surface area contributed by atoms with Gasteiger partial charge in [-0.15, -0.1) is 0 Å². The third-order valence-electron chi connectivity index (χ3n) is 7.99. The van der Waals surface area contributed by atoms with Crippen LogP contribution < -0.4 is 30.7 Å². The smallest absolute Gasteiger partial charge is 0.220 e. The molecule has 0 bridgehead atoms. The molecule has 1 aliphatic carbocycles. The molecular formula is C34H52N4O4. The lowest BCUT2D eigenvalue weighted by Gasteiger charge is -2.33. The maximum absolute atomic E-state index is 12.6. The van der Waals surface area contributed by atoms with E-state index in [4.69, 9.17) is 9.47 Å². The van der Waals surface area contributed by atoms with Crippen molar-refractivity contribution in [2.24, 2.45) is 0 Å². The van der Waals surface area contributed by atoms with E-state index in [1.54, 1.807) is 14.2 Å². The number of hydrogen-bond donors (Lipinski definition) is 4. The lowest BCUT2D eigenvalue weighted by Crippen LogP contribution is -2.53. The first-order chi connectivity index (χ1) is 20.6. The highest BCUT2D eigenvalue weighted by atomic mass is 16.5. The molecule has 8 heteroatoms. The lowest BCUT2D eigenvalue weighted by molar-refractivity contribution is -0.125. The molecule has 0 aromatic heterocycles. The zero-order valence-electron chi connectivity index (χ0n) is 25.7. The van der Waals surface area contributed by atoms with E-state index in [9.17, 15) is 9.59 Å². The standard InChI is InChI=1S/C34H52N4O4/c1-41-31-19-11-7-15-27(31)25-35-23-13-3-5-21-33(39)37-29-17-9-10-18-30(29)38-34(40)22-6-4-14-24-36-26-28-16-8-12-20-32(28)42-2/h7-8,11-12,15-16,19-20,29-30,35-36H,3-6,9-10,13-14,17-18,21-26H2,1-2H3,(H,37,39)(H,38,40)/t29-,30-/m1/s1. The number of amides is 2. The van der Waals surface area contributed by atoms with Crippen LogP contribution in [0.4, 0.5) is 0 Å². The summed E-state index contributed by atoms with van der Waals surface area (Å²) in [5.74, 6) is 2.01. The number of benzene rings is 2. The van der Waals surface area contributed by atoms with Crippen molar-refractivity contribution in [2.45, 2.75) is 102 Å². The molecule has 0 heterocycles. The molecule has 232 valence electrons. The third-order valence-corrected chi connectivity index (χ3v) is 7.99. The molecule has 1 saturated carbocycles. The summed E-state index contributed by atoms with van der Waals surface area (Å²) in [5.41, 5.74) is 2.31. The highest BCUT2D eigenvalue weighted by Gasteiger charge is 2.27. The number of rotatable bonds is 20. The topological polar surface area (TPSA) is 101 Å². The van der Waals surface area contributed by atoms with Gasteiger partial charge in [-0.25, -0.2) is 0 Å². The number of unbranched alkanes of at least 4 members (excludes halogenated alkanes) is 4. The van der Waals surface area contributed by atoms with Crippen molar-refractivity contribution in [3.63, 3.8) is 0 Å². The molecule has 0 saturated heterocycles. The van der Waals surface area contributed by atoms with Gasteiger partial charge in [-0.1, -0.05) is 62.1 Å². The van der Waals surface area contributed by atoms with Crippen molar-refractivity contribution in [1.82, 2.24) is 21.3 Å². The minimum absolute atomic E-state index is 0.0388. The van der Waals surface area contributed by atoms with Gasteiger partial charge in [0.2, 0.25) is 11.8 Å². The maximum Gasteiger partial charge on any atom is 0.220 e. The van der Waals surface area contributed by atoms with E-state index in [1.807, 2.05) is 36.4 Å². The lowest BCUT2D eigenvalue weighted by atomic mass is 9.90. The molecule has 1 fully saturated rings. The normalized spacial score (nSPS) is 16.5. The fourth-order valence-corrected chi connectivity index (χ4v) is 5.60. The number of carbonyl (C=O) groups is 2. The number of para-hydroxylation sites is 2. The van der Waals surface area contributed by atoms with E-state index in [1.165, 1.54) is 0 Å². The molecule has 3 rings (SSSR count). The second kappa shape index (κ2) is 19.9. The van der Waals surface area contributed by atoms with Crippen molar-refractivity contribution < 1.29 is 19.1 Å². The Bertz CT molecular complexity index is 980. The molecule has 1 aliphatic rings. The molecule has 2 amide bonds. The number of ether oxygens (including phenoxy) is 2. The van der Waals surface area contributed by atoms with Crippen molar-refractivity contribution in [1.29, 1.82) is 0 Å². The van der Waals surface area contributed by atoms with Gasteiger partial charge in [0.25, 0.3) is 0 Å². The quantitative estimate of drug-likeness (QED) is 0.160. The summed E-state index contributed by atoms with van der Waals surface area (Å²) < 4.78 is 10.8. The number of nitrogens with one attached hydrogen (secondary N) is 4. The fraction of sp³-hybridized carbons (Fsp3) is 0.588. The first-order valence-electron chi connectivity index (χ1n) is 15.8. The molecule has 8 nitrogen and oxygen atoms in total. The van der Waals surface area contributed by atoms with Crippen LogP contribution in [-0.4, -0.2) is 51.2 Å². The van der Waals surface area contributed by atoms with E-state index >= 15 is 0 Å². The summed E-state index contributed by atoms with van der Waals surface area (Å²) in [7, 11) is 3.39. The van der Waals surface area contributed by atoms with E-state index in [2.05, 4.69) is 33.4 Å². The summed E-state index contributed by atoms with van der Waals surface area (Å²) in [4.78, 5) is 25.3. The molecule has 0 unspecified atom stereocenters. The minimum atomic E-state index is 0.0388. The van der Waals surface area contributed by atoms with Gasteiger partial charge >= 0.3 is 0 Å². The average Bonchev–Trinajstić information content (AvgIpc) is 3.01. The van der Waals surface area contributed by atoms with E-state index in [0.29, 0.717) is 12.8 Å². The highest BCUT2D eigenvalue weighted by Crippen LogP contribution is 2.20. The Hall–Kier alpha value is -3.10. The predicted molar refractivity (Wildman–Crippen MR) is 169 cm³/mol. The van der Waals surface area contributed by atoms with Gasteiger partial charge in [-0.05, 0) is 63.7 Å².